The normalized spacial score (nSPS) is 13.1. The molecule has 6 heteroatoms. The van der Waals surface area contributed by atoms with Crippen molar-refractivity contribution in [1.29, 1.82) is 0 Å². The van der Waals surface area contributed by atoms with Crippen LogP contribution in [0.1, 0.15) is 11.6 Å². The van der Waals surface area contributed by atoms with Crippen LogP contribution in [0, 0.1) is 0 Å². The lowest BCUT2D eigenvalue weighted by molar-refractivity contribution is 0.259. The van der Waals surface area contributed by atoms with E-state index in [1.54, 1.807) is 36.4 Å². The zero-order valence-electron chi connectivity index (χ0n) is 10.7. The second-order valence-electron chi connectivity index (χ2n) is 4.34. The Morgan fingerprint density at radius 2 is 1.80 bits per heavy atom. The average molecular weight is 292 g/mol. The summed E-state index contributed by atoms with van der Waals surface area (Å²) >= 11 is 0. The van der Waals surface area contributed by atoms with Crippen molar-refractivity contribution in [3.63, 3.8) is 0 Å². The largest absolute Gasteiger partial charge is 0.399 e. The van der Waals surface area contributed by atoms with E-state index in [1.165, 1.54) is 12.1 Å². The highest BCUT2D eigenvalue weighted by atomic mass is 32.2. The molecule has 0 amide bonds. The number of hydrogen-bond acceptors (Lipinski definition) is 4. The number of aliphatic hydroxyl groups is 1. The highest BCUT2D eigenvalue weighted by Gasteiger charge is 2.20. The number of rotatable bonds is 5. The van der Waals surface area contributed by atoms with Crippen LogP contribution in [0.25, 0.3) is 0 Å². The maximum absolute atomic E-state index is 12.2. The minimum Gasteiger partial charge on any atom is -0.399 e. The first-order valence-corrected chi connectivity index (χ1v) is 7.55. The van der Waals surface area contributed by atoms with Gasteiger partial charge in [-0.25, -0.2) is 13.1 Å². The van der Waals surface area contributed by atoms with Crippen LogP contribution < -0.4 is 10.5 Å². The number of sulfonamides is 1. The topological polar surface area (TPSA) is 92.4 Å². The van der Waals surface area contributed by atoms with E-state index in [4.69, 9.17) is 5.73 Å². The molecule has 106 valence electrons. The molecule has 2 aromatic rings. The smallest absolute Gasteiger partial charge is 0.241 e. The molecule has 0 aliphatic rings. The van der Waals surface area contributed by atoms with E-state index in [2.05, 4.69) is 4.72 Å². The number of benzene rings is 2. The number of nitrogen functional groups attached to an aromatic ring is 1. The fourth-order valence-electron chi connectivity index (χ4n) is 1.83. The van der Waals surface area contributed by atoms with Gasteiger partial charge in [0.25, 0.3) is 0 Å². The first kappa shape index (κ1) is 14.5. The molecule has 2 rings (SSSR count). The molecule has 0 aliphatic carbocycles. The SMILES string of the molecule is Nc1cccc(S(=O)(=O)NC(CO)c2ccccc2)c1. The molecule has 0 radical (unpaired) electrons. The van der Waals surface area contributed by atoms with E-state index in [0.29, 0.717) is 11.3 Å². The van der Waals surface area contributed by atoms with Gasteiger partial charge in [0.15, 0.2) is 0 Å². The summed E-state index contributed by atoms with van der Waals surface area (Å²) in [5.41, 5.74) is 6.65. The summed E-state index contributed by atoms with van der Waals surface area (Å²) in [4.78, 5) is 0.0758. The van der Waals surface area contributed by atoms with E-state index in [0.717, 1.165) is 0 Å². The third-order valence-corrected chi connectivity index (χ3v) is 4.32. The van der Waals surface area contributed by atoms with Crippen LogP contribution in [0.15, 0.2) is 59.5 Å². The van der Waals surface area contributed by atoms with Gasteiger partial charge in [-0.05, 0) is 23.8 Å². The summed E-state index contributed by atoms with van der Waals surface area (Å²) in [6.45, 7) is -0.328. The van der Waals surface area contributed by atoms with E-state index in [-0.39, 0.29) is 11.5 Å². The molecular formula is C14H16N2O3S. The van der Waals surface area contributed by atoms with Crippen LogP contribution in [0.5, 0.6) is 0 Å². The molecular weight excluding hydrogens is 276 g/mol. The molecule has 1 unspecified atom stereocenters. The highest BCUT2D eigenvalue weighted by molar-refractivity contribution is 7.89. The molecule has 0 saturated heterocycles. The lowest BCUT2D eigenvalue weighted by atomic mass is 10.1. The molecule has 0 bridgehead atoms. The van der Waals surface area contributed by atoms with Crippen LogP contribution in [-0.4, -0.2) is 20.1 Å². The molecule has 0 spiro atoms. The number of nitrogens with one attached hydrogen (secondary N) is 1. The Kier molecular flexibility index (Phi) is 4.39. The fraction of sp³-hybridized carbons (Fsp3) is 0.143. The summed E-state index contributed by atoms with van der Waals surface area (Å²) in [6, 6.07) is 14.2. The second kappa shape index (κ2) is 6.04. The van der Waals surface area contributed by atoms with Crippen molar-refractivity contribution < 1.29 is 13.5 Å². The van der Waals surface area contributed by atoms with E-state index in [1.807, 2.05) is 6.07 Å². The van der Waals surface area contributed by atoms with Crippen LogP contribution in [0.4, 0.5) is 5.69 Å². The van der Waals surface area contributed by atoms with Crippen molar-refractivity contribution in [3.05, 3.63) is 60.2 Å². The van der Waals surface area contributed by atoms with Gasteiger partial charge in [-0.3, -0.25) is 0 Å². The standard InChI is InChI=1S/C14H16N2O3S/c15-12-7-4-8-13(9-12)20(18,19)16-14(10-17)11-5-2-1-3-6-11/h1-9,14,16-17H,10,15H2. The van der Waals surface area contributed by atoms with Crippen molar-refractivity contribution in [2.24, 2.45) is 0 Å². The molecule has 5 nitrogen and oxygen atoms in total. The van der Waals surface area contributed by atoms with Crippen LogP contribution in [0.3, 0.4) is 0 Å². The van der Waals surface area contributed by atoms with Crippen LogP contribution in [0.2, 0.25) is 0 Å². The quantitative estimate of drug-likeness (QED) is 0.724. The van der Waals surface area contributed by atoms with Gasteiger partial charge in [0.1, 0.15) is 0 Å². The van der Waals surface area contributed by atoms with Gasteiger partial charge >= 0.3 is 0 Å². The predicted octanol–water partition coefficient (Wildman–Crippen LogP) is 1.28. The first-order valence-electron chi connectivity index (χ1n) is 6.06. The Balaban J connectivity index is 2.27. The third-order valence-electron chi connectivity index (χ3n) is 2.85. The van der Waals surface area contributed by atoms with Crippen molar-refractivity contribution in [1.82, 2.24) is 4.72 Å². The Morgan fingerprint density at radius 3 is 2.40 bits per heavy atom. The van der Waals surface area contributed by atoms with Gasteiger partial charge in [0, 0.05) is 5.69 Å². The van der Waals surface area contributed by atoms with Gasteiger partial charge in [0.2, 0.25) is 10.0 Å². The molecule has 4 N–H and O–H groups in total. The summed E-state index contributed by atoms with van der Waals surface area (Å²) < 4.78 is 27.0. The maximum atomic E-state index is 12.2. The zero-order valence-corrected chi connectivity index (χ0v) is 11.5. The Bertz CT molecular complexity index is 672. The molecule has 2 aromatic carbocycles. The van der Waals surface area contributed by atoms with E-state index in [9.17, 15) is 13.5 Å². The molecule has 1 atom stereocenters. The lowest BCUT2D eigenvalue weighted by Crippen LogP contribution is -2.30. The molecule has 0 heterocycles. The molecule has 0 saturated carbocycles. The number of anilines is 1. The molecule has 0 aromatic heterocycles. The summed E-state index contributed by atoms with van der Waals surface area (Å²) in [5, 5.41) is 9.39. The van der Waals surface area contributed by atoms with E-state index < -0.39 is 16.1 Å². The number of aliphatic hydroxyl groups excluding tert-OH is 1. The van der Waals surface area contributed by atoms with Gasteiger partial charge in [-0.15, -0.1) is 0 Å². The fourth-order valence-corrected chi connectivity index (χ4v) is 3.10. The van der Waals surface area contributed by atoms with Crippen molar-refractivity contribution >= 4 is 15.7 Å². The minimum atomic E-state index is -3.73. The number of hydrogen-bond donors (Lipinski definition) is 3. The van der Waals surface area contributed by atoms with Crippen LogP contribution >= 0.6 is 0 Å². The summed E-state index contributed by atoms with van der Waals surface area (Å²) in [5.74, 6) is 0. The monoisotopic (exact) mass is 292 g/mol. The first-order chi connectivity index (χ1) is 9.53. The summed E-state index contributed by atoms with van der Waals surface area (Å²) in [7, 11) is -3.73. The highest BCUT2D eigenvalue weighted by Crippen LogP contribution is 2.18. The Labute approximate surface area is 118 Å². The maximum Gasteiger partial charge on any atom is 0.241 e. The second-order valence-corrected chi connectivity index (χ2v) is 6.05. The van der Waals surface area contributed by atoms with Gasteiger partial charge in [0.05, 0.1) is 17.5 Å². The van der Waals surface area contributed by atoms with Crippen LogP contribution in [-0.2, 0) is 10.0 Å². The van der Waals surface area contributed by atoms with Crippen molar-refractivity contribution in [2.75, 3.05) is 12.3 Å². The van der Waals surface area contributed by atoms with Crippen molar-refractivity contribution in [3.8, 4) is 0 Å². The van der Waals surface area contributed by atoms with Gasteiger partial charge in [-0.1, -0.05) is 36.4 Å². The molecule has 0 fully saturated rings. The van der Waals surface area contributed by atoms with Crippen molar-refractivity contribution in [2.45, 2.75) is 10.9 Å². The van der Waals surface area contributed by atoms with Gasteiger partial charge in [-0.2, -0.15) is 0 Å². The Hall–Kier alpha value is -1.89. The third kappa shape index (κ3) is 3.36. The Morgan fingerprint density at radius 1 is 1.10 bits per heavy atom. The number of nitrogens with two attached hydrogens (primary N) is 1. The lowest BCUT2D eigenvalue weighted by Gasteiger charge is -2.17. The van der Waals surface area contributed by atoms with E-state index >= 15 is 0 Å². The average Bonchev–Trinajstić information content (AvgIpc) is 2.46. The zero-order chi connectivity index (χ0) is 14.6. The summed E-state index contributed by atoms with van der Waals surface area (Å²) in [6.07, 6.45) is 0. The minimum absolute atomic E-state index is 0.0758. The van der Waals surface area contributed by atoms with Gasteiger partial charge < -0.3 is 10.8 Å². The predicted molar refractivity (Wildman–Crippen MR) is 77.4 cm³/mol. The molecule has 20 heavy (non-hydrogen) atoms. The molecule has 0 aliphatic heterocycles.